The molecule has 0 saturated carbocycles. The van der Waals surface area contributed by atoms with Crippen LogP contribution in [-0.2, 0) is 17.9 Å². The molecule has 0 aliphatic carbocycles. The zero-order valence-electron chi connectivity index (χ0n) is 16.6. The molecule has 0 fully saturated rings. The summed E-state index contributed by atoms with van der Waals surface area (Å²) in [6.07, 6.45) is 0. The molecule has 0 spiro atoms. The molecule has 1 aromatic heterocycles. The molecule has 8 heteroatoms. The van der Waals surface area contributed by atoms with Gasteiger partial charge in [-0.15, -0.1) is 10.2 Å². The van der Waals surface area contributed by atoms with Gasteiger partial charge in [0.15, 0.2) is 11.0 Å². The maximum Gasteiger partial charge on any atom is 0.234 e. The van der Waals surface area contributed by atoms with Gasteiger partial charge in [-0.25, -0.2) is 0 Å². The van der Waals surface area contributed by atoms with Crippen molar-refractivity contribution in [2.24, 2.45) is 0 Å². The van der Waals surface area contributed by atoms with Crippen LogP contribution in [0.5, 0.6) is 5.75 Å². The van der Waals surface area contributed by atoms with Gasteiger partial charge in [0.05, 0.1) is 10.8 Å². The van der Waals surface area contributed by atoms with E-state index in [2.05, 4.69) is 15.5 Å². The number of aryl methyl sites for hydroxylation is 2. The van der Waals surface area contributed by atoms with E-state index in [1.54, 1.807) is 6.07 Å². The SMILES string of the molecule is CCn1c(COc2ccccc2Cl)nnc1SCC(=O)Nc1ccc(C)c(C)c1. The number of amides is 1. The van der Waals surface area contributed by atoms with Crippen molar-refractivity contribution in [3.05, 3.63) is 64.4 Å². The zero-order valence-corrected chi connectivity index (χ0v) is 18.2. The molecule has 3 rings (SSSR count). The molecule has 0 bridgehead atoms. The third-order valence-corrected chi connectivity index (χ3v) is 5.71. The van der Waals surface area contributed by atoms with Crippen molar-refractivity contribution < 1.29 is 9.53 Å². The molecule has 6 nitrogen and oxygen atoms in total. The van der Waals surface area contributed by atoms with Crippen molar-refractivity contribution >= 4 is 35.0 Å². The minimum absolute atomic E-state index is 0.0854. The summed E-state index contributed by atoms with van der Waals surface area (Å²) in [7, 11) is 0. The van der Waals surface area contributed by atoms with Crippen LogP contribution in [0.25, 0.3) is 0 Å². The van der Waals surface area contributed by atoms with E-state index < -0.39 is 0 Å². The summed E-state index contributed by atoms with van der Waals surface area (Å²) in [5, 5.41) is 12.6. The average molecular weight is 431 g/mol. The lowest BCUT2D eigenvalue weighted by molar-refractivity contribution is -0.113. The number of nitrogens with one attached hydrogen (secondary N) is 1. The van der Waals surface area contributed by atoms with Crippen molar-refractivity contribution in [2.45, 2.75) is 39.1 Å². The van der Waals surface area contributed by atoms with Crippen molar-refractivity contribution in [2.75, 3.05) is 11.1 Å². The molecule has 0 radical (unpaired) electrons. The molecular weight excluding hydrogens is 408 g/mol. The number of rotatable bonds is 8. The van der Waals surface area contributed by atoms with Crippen LogP contribution < -0.4 is 10.1 Å². The fraction of sp³-hybridized carbons (Fsp3) is 0.286. The van der Waals surface area contributed by atoms with Crippen molar-refractivity contribution in [3.8, 4) is 5.75 Å². The lowest BCUT2D eigenvalue weighted by Gasteiger charge is -2.10. The monoisotopic (exact) mass is 430 g/mol. The predicted octanol–water partition coefficient (Wildman–Crippen LogP) is 4.88. The summed E-state index contributed by atoms with van der Waals surface area (Å²) in [4.78, 5) is 12.3. The van der Waals surface area contributed by atoms with E-state index >= 15 is 0 Å². The number of hydrogen-bond donors (Lipinski definition) is 1. The molecule has 0 aliphatic heterocycles. The van der Waals surface area contributed by atoms with Gasteiger partial charge in [-0.2, -0.15) is 0 Å². The van der Waals surface area contributed by atoms with E-state index in [0.717, 1.165) is 11.3 Å². The molecule has 0 atom stereocenters. The molecule has 1 N–H and O–H groups in total. The molecule has 0 aliphatic rings. The predicted molar refractivity (Wildman–Crippen MR) is 117 cm³/mol. The van der Waals surface area contributed by atoms with Gasteiger partial charge in [0, 0.05) is 12.2 Å². The van der Waals surface area contributed by atoms with Gasteiger partial charge in [0.1, 0.15) is 12.4 Å². The summed E-state index contributed by atoms with van der Waals surface area (Å²) in [5.74, 6) is 1.44. The third kappa shape index (κ3) is 5.52. The van der Waals surface area contributed by atoms with Crippen LogP contribution in [0.3, 0.4) is 0 Å². The smallest absolute Gasteiger partial charge is 0.234 e. The highest BCUT2D eigenvalue weighted by Crippen LogP contribution is 2.25. The fourth-order valence-electron chi connectivity index (χ4n) is 2.70. The third-order valence-electron chi connectivity index (χ3n) is 4.43. The molecule has 3 aromatic rings. The van der Waals surface area contributed by atoms with Crippen molar-refractivity contribution in [1.29, 1.82) is 0 Å². The number of benzene rings is 2. The molecule has 29 heavy (non-hydrogen) atoms. The number of anilines is 1. The van der Waals surface area contributed by atoms with Gasteiger partial charge in [-0.1, -0.05) is 41.6 Å². The second-order valence-corrected chi connectivity index (χ2v) is 7.85. The first-order valence-corrected chi connectivity index (χ1v) is 10.6. The Morgan fingerprint density at radius 2 is 1.97 bits per heavy atom. The highest BCUT2D eigenvalue weighted by atomic mass is 35.5. The van der Waals surface area contributed by atoms with Crippen LogP contribution in [0.1, 0.15) is 23.9 Å². The number of thioether (sulfide) groups is 1. The van der Waals surface area contributed by atoms with Crippen LogP contribution >= 0.6 is 23.4 Å². The Balaban J connectivity index is 1.59. The Morgan fingerprint density at radius 3 is 2.69 bits per heavy atom. The molecule has 152 valence electrons. The maximum absolute atomic E-state index is 12.3. The van der Waals surface area contributed by atoms with E-state index in [-0.39, 0.29) is 18.3 Å². The number of carbonyl (C=O) groups excluding carboxylic acids is 1. The quantitative estimate of drug-likeness (QED) is 0.516. The number of halogens is 1. The van der Waals surface area contributed by atoms with E-state index in [1.165, 1.54) is 17.3 Å². The topological polar surface area (TPSA) is 69.0 Å². The number of carbonyl (C=O) groups is 1. The standard InChI is InChI=1S/C21H23ClN4O2S/c1-4-26-19(12-28-18-8-6-5-7-17(18)22)24-25-21(26)29-13-20(27)23-16-10-9-14(2)15(3)11-16/h5-11H,4,12-13H2,1-3H3,(H,23,27). The van der Waals surface area contributed by atoms with Gasteiger partial charge < -0.3 is 14.6 Å². The Hall–Kier alpha value is -2.51. The second kappa shape index (κ2) is 9.80. The summed E-state index contributed by atoms with van der Waals surface area (Å²) in [6, 6.07) is 13.2. The average Bonchev–Trinajstić information content (AvgIpc) is 3.10. The molecular formula is C21H23ClN4O2S. The number of nitrogens with zero attached hydrogens (tertiary/aromatic N) is 3. The summed E-state index contributed by atoms with van der Waals surface area (Å²) >= 11 is 7.47. The van der Waals surface area contributed by atoms with E-state index in [4.69, 9.17) is 16.3 Å². The Kier molecular flexibility index (Phi) is 7.17. The van der Waals surface area contributed by atoms with Crippen molar-refractivity contribution in [1.82, 2.24) is 14.8 Å². The highest BCUT2D eigenvalue weighted by molar-refractivity contribution is 7.99. The lowest BCUT2D eigenvalue weighted by atomic mass is 10.1. The normalized spacial score (nSPS) is 10.8. The largest absolute Gasteiger partial charge is 0.484 e. The van der Waals surface area contributed by atoms with E-state index in [9.17, 15) is 4.79 Å². The molecule has 2 aromatic carbocycles. The molecule has 1 amide bonds. The highest BCUT2D eigenvalue weighted by Gasteiger charge is 2.14. The van der Waals surface area contributed by atoms with Gasteiger partial charge >= 0.3 is 0 Å². The minimum atomic E-state index is -0.0854. The minimum Gasteiger partial charge on any atom is -0.484 e. The Morgan fingerprint density at radius 1 is 1.17 bits per heavy atom. The molecule has 0 saturated heterocycles. The molecule has 1 heterocycles. The second-order valence-electron chi connectivity index (χ2n) is 6.50. The van der Waals surface area contributed by atoms with Crippen LogP contribution in [0.4, 0.5) is 5.69 Å². The van der Waals surface area contributed by atoms with Crippen LogP contribution in [0.2, 0.25) is 5.02 Å². The number of hydrogen-bond acceptors (Lipinski definition) is 5. The zero-order chi connectivity index (χ0) is 20.8. The summed E-state index contributed by atoms with van der Waals surface area (Å²) in [6.45, 7) is 6.99. The first-order valence-electron chi connectivity index (χ1n) is 9.27. The van der Waals surface area contributed by atoms with Crippen LogP contribution in [-0.4, -0.2) is 26.4 Å². The first-order chi connectivity index (χ1) is 14.0. The van der Waals surface area contributed by atoms with Gasteiger partial charge in [-0.3, -0.25) is 4.79 Å². The Labute approximate surface area is 179 Å². The van der Waals surface area contributed by atoms with Gasteiger partial charge in [-0.05, 0) is 56.2 Å². The molecule has 0 unspecified atom stereocenters. The fourth-order valence-corrected chi connectivity index (χ4v) is 3.71. The summed E-state index contributed by atoms with van der Waals surface area (Å²) in [5.41, 5.74) is 3.13. The van der Waals surface area contributed by atoms with E-state index in [1.807, 2.05) is 61.7 Å². The number of aromatic nitrogens is 3. The van der Waals surface area contributed by atoms with Crippen LogP contribution in [0.15, 0.2) is 47.6 Å². The van der Waals surface area contributed by atoms with Gasteiger partial charge in [0.25, 0.3) is 0 Å². The van der Waals surface area contributed by atoms with Crippen molar-refractivity contribution in [3.63, 3.8) is 0 Å². The lowest BCUT2D eigenvalue weighted by Crippen LogP contribution is -2.15. The maximum atomic E-state index is 12.3. The first kappa shape index (κ1) is 21.2. The Bertz CT molecular complexity index is 1010. The van der Waals surface area contributed by atoms with Gasteiger partial charge in [0.2, 0.25) is 5.91 Å². The van der Waals surface area contributed by atoms with Crippen LogP contribution in [0, 0.1) is 13.8 Å². The number of para-hydroxylation sites is 1. The summed E-state index contributed by atoms with van der Waals surface area (Å²) < 4.78 is 7.70. The van der Waals surface area contributed by atoms with E-state index in [0.29, 0.717) is 28.3 Å². The number of ether oxygens (including phenoxy) is 1.